The van der Waals surface area contributed by atoms with Crippen LogP contribution >= 0.6 is 0 Å². The summed E-state index contributed by atoms with van der Waals surface area (Å²) in [6, 6.07) is 2.17. The van der Waals surface area contributed by atoms with Gasteiger partial charge in [-0.05, 0) is 38.5 Å². The first-order valence-electron chi connectivity index (χ1n) is 5.82. The van der Waals surface area contributed by atoms with Crippen molar-refractivity contribution >= 4 is 5.71 Å². The first-order valence-corrected chi connectivity index (χ1v) is 5.82. The second kappa shape index (κ2) is 7.55. The van der Waals surface area contributed by atoms with Crippen LogP contribution in [0, 0.1) is 11.3 Å². The predicted octanol–water partition coefficient (Wildman–Crippen LogP) is 3.48. The van der Waals surface area contributed by atoms with E-state index < -0.39 is 0 Å². The van der Waals surface area contributed by atoms with E-state index in [1.807, 2.05) is 0 Å². The van der Waals surface area contributed by atoms with E-state index in [0.29, 0.717) is 6.42 Å². The summed E-state index contributed by atoms with van der Waals surface area (Å²) in [5.74, 6) is 0. The third-order valence-corrected chi connectivity index (χ3v) is 2.71. The highest BCUT2D eigenvalue weighted by Crippen LogP contribution is 2.14. The number of rotatable bonds is 5. The van der Waals surface area contributed by atoms with Crippen LogP contribution in [0.2, 0.25) is 0 Å². The van der Waals surface area contributed by atoms with Gasteiger partial charge in [-0.2, -0.15) is 5.26 Å². The lowest BCUT2D eigenvalue weighted by Gasteiger charge is -2.11. The van der Waals surface area contributed by atoms with E-state index in [1.54, 1.807) is 0 Å². The Labute approximate surface area is 87.0 Å². The molecular weight excluding hydrogens is 172 g/mol. The highest BCUT2D eigenvalue weighted by atomic mass is 14.7. The summed E-state index contributed by atoms with van der Waals surface area (Å²) < 4.78 is 0. The van der Waals surface area contributed by atoms with Crippen LogP contribution in [0.3, 0.4) is 0 Å². The maximum Gasteiger partial charge on any atom is 0.0621 e. The summed E-state index contributed by atoms with van der Waals surface area (Å²) in [5.41, 5.74) is 1.44. The first kappa shape index (κ1) is 11.2. The van der Waals surface area contributed by atoms with E-state index in [-0.39, 0.29) is 0 Å². The van der Waals surface area contributed by atoms with Gasteiger partial charge in [-0.25, -0.2) is 0 Å². The molecule has 0 amide bonds. The minimum absolute atomic E-state index is 0.705. The zero-order valence-corrected chi connectivity index (χ0v) is 8.97. The van der Waals surface area contributed by atoms with Gasteiger partial charge in [0.15, 0.2) is 0 Å². The molecule has 0 spiro atoms. The Kier molecular flexibility index (Phi) is 6.06. The Morgan fingerprint density at radius 2 is 1.86 bits per heavy atom. The molecule has 14 heavy (non-hydrogen) atoms. The molecule has 1 fully saturated rings. The molecule has 0 aliphatic heterocycles. The second-order valence-corrected chi connectivity index (χ2v) is 3.98. The third kappa shape index (κ3) is 5.01. The van der Waals surface area contributed by atoms with Crippen molar-refractivity contribution in [1.29, 1.82) is 5.26 Å². The lowest BCUT2D eigenvalue weighted by Crippen LogP contribution is -2.05. The van der Waals surface area contributed by atoms with E-state index in [9.17, 15) is 0 Å². The SMILES string of the molecule is N#CCCCCCN=C1CCCCC1. The third-order valence-electron chi connectivity index (χ3n) is 2.71. The number of nitriles is 1. The molecule has 0 saturated heterocycles. The maximum absolute atomic E-state index is 8.35. The largest absolute Gasteiger partial charge is 0.294 e. The summed E-state index contributed by atoms with van der Waals surface area (Å²) in [4.78, 5) is 4.61. The fourth-order valence-corrected chi connectivity index (χ4v) is 1.85. The van der Waals surface area contributed by atoms with Gasteiger partial charge in [0.25, 0.3) is 0 Å². The summed E-state index contributed by atoms with van der Waals surface area (Å²) in [6.07, 6.45) is 10.6. The van der Waals surface area contributed by atoms with Gasteiger partial charge >= 0.3 is 0 Å². The predicted molar refractivity (Wildman–Crippen MR) is 59.5 cm³/mol. The van der Waals surface area contributed by atoms with Crippen molar-refractivity contribution in [2.75, 3.05) is 6.54 Å². The Hall–Kier alpha value is -0.840. The van der Waals surface area contributed by atoms with Crippen LogP contribution in [0.15, 0.2) is 4.99 Å². The number of hydrogen-bond donors (Lipinski definition) is 0. The van der Waals surface area contributed by atoms with Crippen LogP contribution in [0.5, 0.6) is 0 Å². The average Bonchev–Trinajstić information content (AvgIpc) is 2.25. The molecule has 0 unspecified atom stereocenters. The van der Waals surface area contributed by atoms with Crippen molar-refractivity contribution in [2.24, 2.45) is 4.99 Å². The molecule has 0 atom stereocenters. The molecule has 2 heteroatoms. The molecule has 0 bridgehead atoms. The molecule has 1 rings (SSSR count). The van der Waals surface area contributed by atoms with Crippen LogP contribution < -0.4 is 0 Å². The molecule has 78 valence electrons. The smallest absolute Gasteiger partial charge is 0.0621 e. The molecule has 2 nitrogen and oxygen atoms in total. The van der Waals surface area contributed by atoms with E-state index in [4.69, 9.17) is 5.26 Å². The maximum atomic E-state index is 8.35. The summed E-state index contributed by atoms with van der Waals surface area (Å²) >= 11 is 0. The first-order chi connectivity index (χ1) is 6.93. The molecule has 1 aliphatic rings. The molecule has 0 aromatic carbocycles. The van der Waals surface area contributed by atoms with Crippen molar-refractivity contribution < 1.29 is 0 Å². The van der Waals surface area contributed by atoms with Gasteiger partial charge in [-0.1, -0.05) is 12.8 Å². The van der Waals surface area contributed by atoms with Crippen molar-refractivity contribution in [3.8, 4) is 6.07 Å². The Bertz CT molecular complexity index is 205. The quantitative estimate of drug-likeness (QED) is 0.614. The number of hydrogen-bond acceptors (Lipinski definition) is 2. The van der Waals surface area contributed by atoms with Crippen molar-refractivity contribution in [3.63, 3.8) is 0 Å². The topological polar surface area (TPSA) is 36.1 Å². The minimum Gasteiger partial charge on any atom is -0.294 e. The van der Waals surface area contributed by atoms with Crippen LogP contribution in [0.1, 0.15) is 57.8 Å². The van der Waals surface area contributed by atoms with Gasteiger partial charge in [-0.15, -0.1) is 0 Å². The lowest BCUT2D eigenvalue weighted by molar-refractivity contribution is 0.654. The Morgan fingerprint density at radius 1 is 1.07 bits per heavy atom. The standard InChI is InChI=1S/C12H20N2/c13-10-6-1-2-7-11-14-12-8-4-3-5-9-12/h1-9,11H2. The molecule has 0 aromatic heterocycles. The average molecular weight is 192 g/mol. The van der Waals surface area contributed by atoms with Crippen LogP contribution in [-0.2, 0) is 0 Å². The lowest BCUT2D eigenvalue weighted by atomic mass is 9.98. The molecule has 0 aromatic rings. The van der Waals surface area contributed by atoms with Crippen LogP contribution in [0.4, 0.5) is 0 Å². The molecule has 0 radical (unpaired) electrons. The zero-order valence-electron chi connectivity index (χ0n) is 8.97. The zero-order chi connectivity index (χ0) is 10.1. The Morgan fingerprint density at radius 3 is 2.57 bits per heavy atom. The van der Waals surface area contributed by atoms with E-state index in [0.717, 1.165) is 25.8 Å². The van der Waals surface area contributed by atoms with Crippen LogP contribution in [0.25, 0.3) is 0 Å². The molecule has 1 aliphatic carbocycles. The van der Waals surface area contributed by atoms with Crippen molar-refractivity contribution in [3.05, 3.63) is 0 Å². The van der Waals surface area contributed by atoms with Crippen LogP contribution in [-0.4, -0.2) is 12.3 Å². The van der Waals surface area contributed by atoms with E-state index in [2.05, 4.69) is 11.1 Å². The minimum atomic E-state index is 0.705. The fourth-order valence-electron chi connectivity index (χ4n) is 1.85. The van der Waals surface area contributed by atoms with Crippen molar-refractivity contribution in [2.45, 2.75) is 57.8 Å². The number of nitrogens with zero attached hydrogens (tertiary/aromatic N) is 2. The van der Waals surface area contributed by atoms with Gasteiger partial charge in [-0.3, -0.25) is 4.99 Å². The van der Waals surface area contributed by atoms with Gasteiger partial charge in [0, 0.05) is 18.7 Å². The van der Waals surface area contributed by atoms with Crippen molar-refractivity contribution in [1.82, 2.24) is 0 Å². The second-order valence-electron chi connectivity index (χ2n) is 3.98. The summed E-state index contributed by atoms with van der Waals surface area (Å²) in [7, 11) is 0. The van der Waals surface area contributed by atoms with Gasteiger partial charge in [0.1, 0.15) is 0 Å². The molecule has 1 saturated carbocycles. The monoisotopic (exact) mass is 192 g/mol. The highest BCUT2D eigenvalue weighted by molar-refractivity contribution is 5.84. The normalized spacial score (nSPS) is 16.4. The van der Waals surface area contributed by atoms with Gasteiger partial charge < -0.3 is 0 Å². The molecule has 0 heterocycles. The fraction of sp³-hybridized carbons (Fsp3) is 0.833. The molecular formula is C12H20N2. The van der Waals surface area contributed by atoms with E-state index in [1.165, 1.54) is 37.8 Å². The number of unbranched alkanes of at least 4 members (excludes halogenated alkanes) is 3. The Balaban J connectivity index is 1.99. The van der Waals surface area contributed by atoms with Gasteiger partial charge in [0.05, 0.1) is 6.07 Å². The highest BCUT2D eigenvalue weighted by Gasteiger charge is 2.05. The summed E-state index contributed by atoms with van der Waals surface area (Å²) in [5, 5.41) is 8.35. The van der Waals surface area contributed by atoms with Gasteiger partial charge in [0.2, 0.25) is 0 Å². The number of aliphatic imine (C=N–C) groups is 1. The summed E-state index contributed by atoms with van der Waals surface area (Å²) in [6.45, 7) is 0.987. The van der Waals surface area contributed by atoms with E-state index >= 15 is 0 Å². The molecule has 0 N–H and O–H groups in total.